The van der Waals surface area contributed by atoms with E-state index in [-0.39, 0.29) is 21.8 Å². The van der Waals surface area contributed by atoms with Gasteiger partial charge in [0.05, 0.1) is 18.5 Å². The van der Waals surface area contributed by atoms with E-state index < -0.39 is 0 Å². The van der Waals surface area contributed by atoms with Gasteiger partial charge in [0.25, 0.3) is 5.24 Å². The minimum absolute atomic E-state index is 0.219. The molecule has 164 valence electrons. The molecule has 2 atom stereocenters. The van der Waals surface area contributed by atoms with E-state index in [0.29, 0.717) is 25.4 Å². The van der Waals surface area contributed by atoms with E-state index in [1.807, 2.05) is 45.0 Å². The standard InChI is InChI=1S/C24H27NO5S/c1-13-14(2)21-18(15(3)20(13)26)10-24(4,12-30-21)11-29-17-7-5-16(6-8-17)9-19-22(27)25-23(28)31-19/h5-8,19,26H,9-12H2,1-4H3,(H,25,27,28). The molecule has 2 aromatic rings. The molecule has 1 fully saturated rings. The Kier molecular flexibility index (Phi) is 5.64. The molecule has 0 radical (unpaired) electrons. The predicted molar refractivity (Wildman–Crippen MR) is 120 cm³/mol. The molecule has 0 bridgehead atoms. The molecule has 2 heterocycles. The largest absolute Gasteiger partial charge is 0.507 e. The molecule has 31 heavy (non-hydrogen) atoms. The Hall–Kier alpha value is -2.67. The van der Waals surface area contributed by atoms with E-state index in [0.717, 1.165) is 57.5 Å². The third kappa shape index (κ3) is 4.24. The van der Waals surface area contributed by atoms with Gasteiger partial charge in [0.15, 0.2) is 0 Å². The Morgan fingerprint density at radius 2 is 1.87 bits per heavy atom. The number of amides is 2. The highest BCUT2D eigenvalue weighted by Crippen LogP contribution is 2.43. The summed E-state index contributed by atoms with van der Waals surface area (Å²) in [5.41, 5.74) is 4.55. The first-order chi connectivity index (χ1) is 14.7. The van der Waals surface area contributed by atoms with Gasteiger partial charge >= 0.3 is 0 Å². The molecule has 2 amide bonds. The molecule has 2 unspecified atom stereocenters. The van der Waals surface area contributed by atoms with Crippen LogP contribution in [0, 0.1) is 26.2 Å². The van der Waals surface area contributed by atoms with Gasteiger partial charge in [-0.3, -0.25) is 14.9 Å². The van der Waals surface area contributed by atoms with Gasteiger partial charge in [0.1, 0.15) is 17.2 Å². The lowest BCUT2D eigenvalue weighted by atomic mass is 9.80. The van der Waals surface area contributed by atoms with E-state index in [9.17, 15) is 14.7 Å². The Bertz CT molecular complexity index is 1050. The fraction of sp³-hybridized carbons (Fsp3) is 0.417. The zero-order valence-corrected chi connectivity index (χ0v) is 19.0. The number of phenols is 1. The fourth-order valence-corrected chi connectivity index (χ4v) is 4.97. The quantitative estimate of drug-likeness (QED) is 0.722. The molecule has 2 aliphatic rings. The summed E-state index contributed by atoms with van der Waals surface area (Å²) >= 11 is 1.04. The molecule has 0 aromatic heterocycles. The second-order valence-electron chi connectivity index (χ2n) is 8.83. The number of carbonyl (C=O) groups is 2. The number of fused-ring (bicyclic) bond motifs is 1. The minimum Gasteiger partial charge on any atom is -0.507 e. The maximum absolute atomic E-state index is 11.7. The van der Waals surface area contributed by atoms with Crippen LogP contribution in [-0.2, 0) is 17.6 Å². The molecule has 7 heteroatoms. The first-order valence-corrected chi connectivity index (χ1v) is 11.2. The monoisotopic (exact) mass is 441 g/mol. The van der Waals surface area contributed by atoms with Crippen LogP contribution in [0.3, 0.4) is 0 Å². The Labute approximate surface area is 186 Å². The SMILES string of the molecule is Cc1c(C)c2c(c(C)c1O)CC(C)(COc1ccc(CC3SC(=O)NC3=O)cc1)CO2. The number of nitrogens with one attached hydrogen (secondary N) is 1. The van der Waals surface area contributed by atoms with Crippen molar-refractivity contribution in [3.63, 3.8) is 0 Å². The van der Waals surface area contributed by atoms with Crippen LogP contribution in [0.4, 0.5) is 4.79 Å². The molecular formula is C24H27NO5S. The Morgan fingerprint density at radius 3 is 2.52 bits per heavy atom. The average molecular weight is 442 g/mol. The molecule has 2 aromatic carbocycles. The molecule has 2 aliphatic heterocycles. The average Bonchev–Trinajstić information content (AvgIpc) is 3.06. The molecule has 4 rings (SSSR count). The zero-order valence-electron chi connectivity index (χ0n) is 18.2. The summed E-state index contributed by atoms with van der Waals surface area (Å²) in [6, 6.07) is 7.63. The van der Waals surface area contributed by atoms with Crippen LogP contribution < -0.4 is 14.8 Å². The van der Waals surface area contributed by atoms with E-state index >= 15 is 0 Å². The molecule has 2 N–H and O–H groups in total. The van der Waals surface area contributed by atoms with Crippen molar-refractivity contribution in [2.75, 3.05) is 13.2 Å². The number of phenolic OH excluding ortho intramolecular Hbond substituents is 1. The highest BCUT2D eigenvalue weighted by atomic mass is 32.2. The summed E-state index contributed by atoms with van der Waals surface area (Å²) in [5.74, 6) is 1.75. The highest BCUT2D eigenvalue weighted by molar-refractivity contribution is 8.15. The summed E-state index contributed by atoms with van der Waals surface area (Å²) in [4.78, 5) is 23.0. The van der Waals surface area contributed by atoms with Crippen molar-refractivity contribution in [3.05, 3.63) is 52.1 Å². The number of aromatic hydroxyl groups is 1. The Morgan fingerprint density at radius 1 is 1.16 bits per heavy atom. The van der Waals surface area contributed by atoms with E-state index in [2.05, 4.69) is 12.2 Å². The van der Waals surface area contributed by atoms with Crippen LogP contribution >= 0.6 is 11.8 Å². The normalized spacial score (nSPS) is 22.6. The van der Waals surface area contributed by atoms with Gasteiger partial charge in [0.2, 0.25) is 5.91 Å². The summed E-state index contributed by atoms with van der Waals surface area (Å²) in [6.07, 6.45) is 1.27. The number of benzene rings is 2. The number of rotatable bonds is 5. The number of carbonyl (C=O) groups excluding carboxylic acids is 2. The lowest BCUT2D eigenvalue weighted by molar-refractivity contribution is -0.118. The van der Waals surface area contributed by atoms with Crippen molar-refractivity contribution in [2.45, 2.75) is 45.8 Å². The summed E-state index contributed by atoms with van der Waals surface area (Å²) in [6.45, 7) is 8.99. The van der Waals surface area contributed by atoms with E-state index in [1.165, 1.54) is 0 Å². The van der Waals surface area contributed by atoms with Gasteiger partial charge in [0, 0.05) is 11.0 Å². The smallest absolute Gasteiger partial charge is 0.286 e. The third-order valence-electron chi connectivity index (χ3n) is 6.21. The van der Waals surface area contributed by atoms with Crippen LogP contribution in [0.15, 0.2) is 24.3 Å². The second kappa shape index (κ2) is 8.11. The molecule has 0 spiro atoms. The molecular weight excluding hydrogens is 414 g/mol. The van der Waals surface area contributed by atoms with Crippen LogP contribution in [0.2, 0.25) is 0 Å². The second-order valence-corrected chi connectivity index (χ2v) is 10.0. The summed E-state index contributed by atoms with van der Waals surface area (Å²) in [5, 5.41) is 12.1. The van der Waals surface area contributed by atoms with Gasteiger partial charge in [-0.1, -0.05) is 30.8 Å². The van der Waals surface area contributed by atoms with Gasteiger partial charge < -0.3 is 14.6 Å². The summed E-state index contributed by atoms with van der Waals surface area (Å²) in [7, 11) is 0. The van der Waals surface area contributed by atoms with Crippen LogP contribution in [0.5, 0.6) is 17.2 Å². The lowest BCUT2D eigenvalue weighted by Crippen LogP contribution is -2.38. The maximum atomic E-state index is 11.7. The number of thioether (sulfide) groups is 1. The predicted octanol–water partition coefficient (Wildman–Crippen LogP) is 4.23. The highest BCUT2D eigenvalue weighted by Gasteiger charge is 2.35. The summed E-state index contributed by atoms with van der Waals surface area (Å²) < 4.78 is 12.2. The number of hydrogen-bond acceptors (Lipinski definition) is 6. The number of imide groups is 1. The van der Waals surface area contributed by atoms with Crippen molar-refractivity contribution in [1.29, 1.82) is 0 Å². The van der Waals surface area contributed by atoms with Crippen molar-refractivity contribution in [2.24, 2.45) is 5.41 Å². The Balaban J connectivity index is 1.41. The minimum atomic E-state index is -0.371. The number of ether oxygens (including phenoxy) is 2. The van der Waals surface area contributed by atoms with Gasteiger partial charge in [-0.15, -0.1) is 0 Å². The molecule has 0 saturated carbocycles. The zero-order chi connectivity index (χ0) is 22.3. The number of hydrogen-bond donors (Lipinski definition) is 2. The lowest BCUT2D eigenvalue weighted by Gasteiger charge is -2.36. The van der Waals surface area contributed by atoms with Gasteiger partial charge in [-0.2, -0.15) is 0 Å². The topological polar surface area (TPSA) is 84.9 Å². The van der Waals surface area contributed by atoms with E-state index in [4.69, 9.17) is 9.47 Å². The maximum Gasteiger partial charge on any atom is 0.286 e. The molecule has 1 saturated heterocycles. The molecule has 6 nitrogen and oxygen atoms in total. The van der Waals surface area contributed by atoms with Gasteiger partial charge in [-0.05, 0) is 68.0 Å². The fourth-order valence-electron chi connectivity index (χ4n) is 4.11. The first kappa shape index (κ1) is 21.6. The first-order valence-electron chi connectivity index (χ1n) is 10.3. The van der Waals surface area contributed by atoms with Crippen molar-refractivity contribution < 1.29 is 24.2 Å². The third-order valence-corrected chi connectivity index (χ3v) is 7.19. The van der Waals surface area contributed by atoms with Gasteiger partial charge in [-0.25, -0.2) is 0 Å². The molecule has 0 aliphatic carbocycles. The van der Waals surface area contributed by atoms with Crippen molar-refractivity contribution in [3.8, 4) is 17.2 Å². The van der Waals surface area contributed by atoms with Crippen LogP contribution in [0.25, 0.3) is 0 Å². The van der Waals surface area contributed by atoms with Crippen LogP contribution in [-0.4, -0.2) is 34.7 Å². The van der Waals surface area contributed by atoms with Crippen LogP contribution in [0.1, 0.15) is 34.7 Å². The van der Waals surface area contributed by atoms with E-state index in [1.54, 1.807) is 0 Å². The van der Waals surface area contributed by atoms with Crippen molar-refractivity contribution in [1.82, 2.24) is 5.32 Å². The van der Waals surface area contributed by atoms with Crippen molar-refractivity contribution >= 4 is 22.9 Å².